The fourth-order valence-corrected chi connectivity index (χ4v) is 1.82. The minimum Gasteiger partial charge on any atom is -0.490 e. The van der Waals surface area contributed by atoms with E-state index < -0.39 is 6.10 Å². The van der Waals surface area contributed by atoms with Gasteiger partial charge in [0.15, 0.2) is 0 Å². The molecule has 0 aliphatic rings. The van der Waals surface area contributed by atoms with Gasteiger partial charge in [0, 0.05) is 6.54 Å². The molecule has 5 heteroatoms. The van der Waals surface area contributed by atoms with Crippen molar-refractivity contribution in [2.45, 2.75) is 6.10 Å². The average Bonchev–Trinajstić information content (AvgIpc) is 2.27. The summed E-state index contributed by atoms with van der Waals surface area (Å²) in [4.78, 5) is 0. The van der Waals surface area contributed by atoms with Gasteiger partial charge in [-0.15, -0.1) is 0 Å². The lowest BCUT2D eigenvalue weighted by molar-refractivity contribution is 0.183. The minimum absolute atomic E-state index is 0.0455. The molecule has 4 N–H and O–H groups in total. The summed E-state index contributed by atoms with van der Waals surface area (Å²) < 4.78 is 5.95. The molecule has 0 bridgehead atoms. The van der Waals surface area contributed by atoms with Crippen LogP contribution in [0.25, 0.3) is 0 Å². The lowest BCUT2D eigenvalue weighted by Crippen LogP contribution is -2.12. The van der Waals surface area contributed by atoms with Crippen molar-refractivity contribution in [1.82, 2.24) is 0 Å². The van der Waals surface area contributed by atoms with Gasteiger partial charge in [-0.1, -0.05) is 12.1 Å². The van der Waals surface area contributed by atoms with Crippen LogP contribution in [-0.2, 0) is 0 Å². The molecule has 0 fully saturated rings. The van der Waals surface area contributed by atoms with Gasteiger partial charge in [-0.3, -0.25) is 0 Å². The number of hydrogen-bond acceptors (Lipinski definition) is 4. The van der Waals surface area contributed by atoms with E-state index in [2.05, 4.69) is 15.9 Å². The molecule has 1 atom stereocenters. The molecule has 0 heterocycles. The zero-order valence-electron chi connectivity index (χ0n) is 8.19. The van der Waals surface area contributed by atoms with E-state index in [1.54, 1.807) is 18.2 Å². The van der Waals surface area contributed by atoms with Crippen molar-refractivity contribution in [3.05, 3.63) is 28.2 Å². The molecule has 1 aromatic rings. The van der Waals surface area contributed by atoms with E-state index in [4.69, 9.17) is 15.6 Å². The predicted molar refractivity (Wildman–Crippen MR) is 60.7 cm³/mol. The summed E-state index contributed by atoms with van der Waals surface area (Å²) in [6.07, 6.45) is -0.711. The summed E-state index contributed by atoms with van der Waals surface area (Å²) >= 11 is 3.33. The van der Waals surface area contributed by atoms with E-state index in [0.29, 0.717) is 15.8 Å². The molecule has 4 nitrogen and oxygen atoms in total. The number of hydrogen-bond donors (Lipinski definition) is 3. The van der Waals surface area contributed by atoms with Gasteiger partial charge in [0.1, 0.15) is 12.4 Å². The molecular formula is C10H14BrNO3. The average molecular weight is 276 g/mol. The van der Waals surface area contributed by atoms with Gasteiger partial charge >= 0.3 is 0 Å². The van der Waals surface area contributed by atoms with Crippen molar-refractivity contribution >= 4 is 15.9 Å². The van der Waals surface area contributed by atoms with Crippen LogP contribution < -0.4 is 10.5 Å². The van der Waals surface area contributed by atoms with Gasteiger partial charge in [-0.25, -0.2) is 0 Å². The Bertz CT molecular complexity index is 320. The Morgan fingerprint density at radius 3 is 2.80 bits per heavy atom. The Balaban J connectivity index is 2.90. The molecule has 1 rings (SSSR count). The van der Waals surface area contributed by atoms with Crippen LogP contribution in [0.4, 0.5) is 0 Å². The molecule has 84 valence electrons. The quantitative estimate of drug-likeness (QED) is 0.744. The molecule has 0 saturated carbocycles. The molecule has 0 aliphatic carbocycles. The summed E-state index contributed by atoms with van der Waals surface area (Å²) in [5.74, 6) is 0.592. The predicted octanol–water partition coefficient (Wildman–Crippen LogP) is 0.812. The highest BCUT2D eigenvalue weighted by molar-refractivity contribution is 9.10. The highest BCUT2D eigenvalue weighted by Crippen LogP contribution is 2.31. The second-order valence-electron chi connectivity index (χ2n) is 2.98. The third kappa shape index (κ3) is 3.17. The third-order valence-electron chi connectivity index (χ3n) is 1.92. The standard InChI is InChI=1S/C10H14BrNO3/c11-10-7(8(14)6-12)2-1-3-9(10)15-5-4-13/h1-3,8,13-14H,4-6,12H2. The maximum absolute atomic E-state index is 9.60. The number of rotatable bonds is 5. The van der Waals surface area contributed by atoms with Crippen LogP contribution in [0.2, 0.25) is 0 Å². The lowest BCUT2D eigenvalue weighted by atomic mass is 10.1. The molecule has 0 spiro atoms. The van der Waals surface area contributed by atoms with Crippen molar-refractivity contribution < 1.29 is 14.9 Å². The summed E-state index contributed by atoms with van der Waals surface area (Å²) in [5, 5.41) is 18.2. The van der Waals surface area contributed by atoms with Gasteiger partial charge in [0.25, 0.3) is 0 Å². The molecular weight excluding hydrogens is 262 g/mol. The van der Waals surface area contributed by atoms with Crippen LogP contribution in [0.3, 0.4) is 0 Å². The largest absolute Gasteiger partial charge is 0.490 e. The second-order valence-corrected chi connectivity index (χ2v) is 3.78. The number of ether oxygens (including phenoxy) is 1. The van der Waals surface area contributed by atoms with E-state index in [1.807, 2.05) is 0 Å². The summed E-state index contributed by atoms with van der Waals surface area (Å²) in [5.41, 5.74) is 6.06. The zero-order chi connectivity index (χ0) is 11.3. The van der Waals surface area contributed by atoms with Gasteiger partial charge in [-0.2, -0.15) is 0 Å². The number of nitrogens with two attached hydrogens (primary N) is 1. The minimum atomic E-state index is -0.711. The van der Waals surface area contributed by atoms with Crippen LogP contribution in [0, 0.1) is 0 Å². The molecule has 1 aromatic carbocycles. The lowest BCUT2D eigenvalue weighted by Gasteiger charge is -2.13. The van der Waals surface area contributed by atoms with E-state index in [0.717, 1.165) is 0 Å². The molecule has 0 saturated heterocycles. The van der Waals surface area contributed by atoms with Crippen molar-refractivity contribution in [3.8, 4) is 5.75 Å². The molecule has 0 aromatic heterocycles. The Morgan fingerprint density at radius 2 is 2.20 bits per heavy atom. The number of aliphatic hydroxyl groups excluding tert-OH is 2. The summed E-state index contributed by atoms with van der Waals surface area (Å²) in [6.45, 7) is 0.332. The monoisotopic (exact) mass is 275 g/mol. The van der Waals surface area contributed by atoms with Crippen LogP contribution in [0.15, 0.2) is 22.7 Å². The third-order valence-corrected chi connectivity index (χ3v) is 2.77. The number of aliphatic hydroxyl groups is 2. The van der Waals surface area contributed by atoms with Crippen molar-refractivity contribution in [2.24, 2.45) is 5.73 Å². The summed E-state index contributed by atoms with van der Waals surface area (Å²) in [6, 6.07) is 5.30. The van der Waals surface area contributed by atoms with E-state index in [9.17, 15) is 5.11 Å². The van der Waals surface area contributed by atoms with E-state index >= 15 is 0 Å². The maximum Gasteiger partial charge on any atom is 0.133 e. The van der Waals surface area contributed by atoms with Crippen molar-refractivity contribution in [3.63, 3.8) is 0 Å². The molecule has 0 amide bonds. The van der Waals surface area contributed by atoms with Crippen molar-refractivity contribution in [1.29, 1.82) is 0 Å². The topological polar surface area (TPSA) is 75.7 Å². The van der Waals surface area contributed by atoms with Crippen molar-refractivity contribution in [2.75, 3.05) is 19.8 Å². The SMILES string of the molecule is NCC(O)c1cccc(OCCO)c1Br. The van der Waals surface area contributed by atoms with Gasteiger partial charge < -0.3 is 20.7 Å². The molecule has 1 unspecified atom stereocenters. The van der Waals surface area contributed by atoms with E-state index in [1.165, 1.54) is 0 Å². The highest BCUT2D eigenvalue weighted by atomic mass is 79.9. The Hall–Kier alpha value is -0.620. The maximum atomic E-state index is 9.60. The highest BCUT2D eigenvalue weighted by Gasteiger charge is 2.12. The first-order chi connectivity index (χ1) is 7.20. The Morgan fingerprint density at radius 1 is 1.47 bits per heavy atom. The first-order valence-corrected chi connectivity index (χ1v) is 5.40. The first kappa shape index (κ1) is 12.4. The Labute approximate surface area is 96.8 Å². The fourth-order valence-electron chi connectivity index (χ4n) is 1.18. The molecule has 0 aliphatic heterocycles. The number of benzene rings is 1. The van der Waals surface area contributed by atoms with Gasteiger partial charge in [0.2, 0.25) is 0 Å². The number of halogens is 1. The summed E-state index contributed by atoms with van der Waals surface area (Å²) in [7, 11) is 0. The fraction of sp³-hybridized carbons (Fsp3) is 0.400. The first-order valence-electron chi connectivity index (χ1n) is 4.61. The Kier molecular flexibility index (Phi) is 5.04. The zero-order valence-corrected chi connectivity index (χ0v) is 9.77. The molecule has 15 heavy (non-hydrogen) atoms. The smallest absolute Gasteiger partial charge is 0.133 e. The second kappa shape index (κ2) is 6.07. The van der Waals surface area contributed by atoms with Crippen LogP contribution in [0.1, 0.15) is 11.7 Å². The normalized spacial score (nSPS) is 12.5. The van der Waals surface area contributed by atoms with Crippen LogP contribution in [0.5, 0.6) is 5.75 Å². The van der Waals surface area contributed by atoms with Gasteiger partial charge in [-0.05, 0) is 27.6 Å². The molecule has 0 radical (unpaired) electrons. The van der Waals surface area contributed by atoms with Crippen LogP contribution in [-0.4, -0.2) is 30.0 Å². The van der Waals surface area contributed by atoms with E-state index in [-0.39, 0.29) is 19.8 Å². The van der Waals surface area contributed by atoms with Crippen LogP contribution >= 0.6 is 15.9 Å². The van der Waals surface area contributed by atoms with Gasteiger partial charge in [0.05, 0.1) is 17.2 Å².